The van der Waals surface area contributed by atoms with Crippen LogP contribution in [-0.2, 0) is 4.79 Å². The zero-order chi connectivity index (χ0) is 15.2. The molecule has 0 heterocycles. The van der Waals surface area contributed by atoms with E-state index in [0.29, 0.717) is 11.1 Å². The number of aliphatic hydroxyl groups is 1. The molecule has 2 rings (SSSR count). The maximum Gasteiger partial charge on any atom is 0.227 e. The second-order valence-electron chi connectivity index (χ2n) is 4.52. The molecule has 0 fully saturated rings. The molecule has 0 radical (unpaired) electrons. The number of hydrogen-bond acceptors (Lipinski definition) is 4. The van der Waals surface area contributed by atoms with Crippen LogP contribution in [0, 0.1) is 11.3 Å². The Kier molecular flexibility index (Phi) is 4.54. The first-order chi connectivity index (χ1) is 10.1. The van der Waals surface area contributed by atoms with Crippen LogP contribution >= 0.6 is 0 Å². The number of aliphatic hydroxyl groups excluding tert-OH is 1. The van der Waals surface area contributed by atoms with Gasteiger partial charge in [-0.3, -0.25) is 4.79 Å². The number of amides is 1. The van der Waals surface area contributed by atoms with E-state index in [9.17, 15) is 15.0 Å². The topological polar surface area (TPSA) is 93.4 Å². The Morgan fingerprint density at radius 2 is 1.95 bits per heavy atom. The van der Waals surface area contributed by atoms with Crippen LogP contribution in [0.5, 0.6) is 5.75 Å². The van der Waals surface area contributed by atoms with Crippen LogP contribution < -0.4 is 5.32 Å². The van der Waals surface area contributed by atoms with Gasteiger partial charge < -0.3 is 15.5 Å². The van der Waals surface area contributed by atoms with Crippen LogP contribution in [-0.4, -0.2) is 16.1 Å². The Labute approximate surface area is 122 Å². The third-order valence-corrected chi connectivity index (χ3v) is 2.96. The molecule has 21 heavy (non-hydrogen) atoms. The maximum absolute atomic E-state index is 11.9. The summed E-state index contributed by atoms with van der Waals surface area (Å²) in [6, 6.07) is 14.9. The van der Waals surface area contributed by atoms with Crippen LogP contribution in [0.15, 0.2) is 48.5 Å². The first kappa shape index (κ1) is 14.6. The van der Waals surface area contributed by atoms with Crippen molar-refractivity contribution >= 4 is 11.6 Å². The molecule has 106 valence electrons. The predicted molar refractivity (Wildman–Crippen MR) is 77.5 cm³/mol. The highest BCUT2D eigenvalue weighted by atomic mass is 16.3. The Hall–Kier alpha value is -2.84. The molecule has 5 heteroatoms. The minimum absolute atomic E-state index is 0.128. The van der Waals surface area contributed by atoms with Crippen molar-refractivity contribution in [3.63, 3.8) is 0 Å². The lowest BCUT2D eigenvalue weighted by molar-refractivity contribution is -0.118. The molecule has 1 unspecified atom stereocenters. The fraction of sp³-hybridized carbons (Fsp3) is 0.125. The summed E-state index contributed by atoms with van der Waals surface area (Å²) in [4.78, 5) is 11.9. The Morgan fingerprint density at radius 3 is 2.62 bits per heavy atom. The van der Waals surface area contributed by atoms with Crippen molar-refractivity contribution in [3.8, 4) is 11.8 Å². The number of benzene rings is 2. The van der Waals surface area contributed by atoms with Gasteiger partial charge in [0.25, 0.3) is 0 Å². The highest BCUT2D eigenvalue weighted by Crippen LogP contribution is 2.25. The molecular weight excluding hydrogens is 268 g/mol. The van der Waals surface area contributed by atoms with E-state index in [-0.39, 0.29) is 17.9 Å². The van der Waals surface area contributed by atoms with Gasteiger partial charge in [-0.1, -0.05) is 30.3 Å². The van der Waals surface area contributed by atoms with Gasteiger partial charge in [0.05, 0.1) is 29.8 Å². The highest BCUT2D eigenvalue weighted by molar-refractivity contribution is 5.92. The first-order valence-corrected chi connectivity index (χ1v) is 6.36. The molecular formula is C16H14N2O3. The molecule has 0 saturated heterocycles. The van der Waals surface area contributed by atoms with Gasteiger partial charge in [-0.15, -0.1) is 0 Å². The molecule has 5 nitrogen and oxygen atoms in total. The molecule has 1 amide bonds. The predicted octanol–water partition coefficient (Wildman–Crippen LogP) is 2.33. The van der Waals surface area contributed by atoms with E-state index in [1.54, 1.807) is 24.3 Å². The molecule has 0 aliphatic heterocycles. The third kappa shape index (κ3) is 3.81. The van der Waals surface area contributed by atoms with E-state index < -0.39 is 12.0 Å². The van der Waals surface area contributed by atoms with Gasteiger partial charge in [0.1, 0.15) is 5.75 Å². The molecule has 0 bridgehead atoms. The van der Waals surface area contributed by atoms with Gasteiger partial charge >= 0.3 is 0 Å². The maximum atomic E-state index is 11.9. The lowest BCUT2D eigenvalue weighted by Gasteiger charge is -2.12. The van der Waals surface area contributed by atoms with Crippen LogP contribution in [0.25, 0.3) is 0 Å². The van der Waals surface area contributed by atoms with E-state index in [0.717, 1.165) is 0 Å². The van der Waals surface area contributed by atoms with Crippen LogP contribution in [0.2, 0.25) is 0 Å². The standard InChI is InChI=1S/C16H14N2O3/c17-10-11-6-7-14(19)13(8-11)18-16(21)9-15(20)12-4-2-1-3-5-12/h1-8,15,19-20H,9H2,(H,18,21). The molecule has 0 aromatic heterocycles. The number of phenolic OH excluding ortho intramolecular Hbond substituents is 1. The van der Waals surface area contributed by atoms with Crippen molar-refractivity contribution in [1.29, 1.82) is 5.26 Å². The van der Waals surface area contributed by atoms with Crippen molar-refractivity contribution in [1.82, 2.24) is 0 Å². The molecule has 2 aromatic carbocycles. The number of nitriles is 1. The van der Waals surface area contributed by atoms with Gasteiger partial charge in [-0.05, 0) is 23.8 Å². The average molecular weight is 282 g/mol. The summed E-state index contributed by atoms with van der Waals surface area (Å²) in [6.07, 6.45) is -1.06. The summed E-state index contributed by atoms with van der Waals surface area (Å²) in [7, 11) is 0. The van der Waals surface area contributed by atoms with Crippen molar-refractivity contribution < 1.29 is 15.0 Å². The van der Waals surface area contributed by atoms with Crippen molar-refractivity contribution in [3.05, 3.63) is 59.7 Å². The monoisotopic (exact) mass is 282 g/mol. The number of nitrogens with one attached hydrogen (secondary N) is 1. The van der Waals surface area contributed by atoms with Crippen LogP contribution in [0.3, 0.4) is 0 Å². The van der Waals surface area contributed by atoms with E-state index in [2.05, 4.69) is 5.32 Å². The smallest absolute Gasteiger partial charge is 0.227 e. The van der Waals surface area contributed by atoms with Crippen LogP contribution in [0.4, 0.5) is 5.69 Å². The largest absolute Gasteiger partial charge is 0.506 e. The number of rotatable bonds is 4. The third-order valence-electron chi connectivity index (χ3n) is 2.96. The number of carbonyl (C=O) groups excluding carboxylic acids is 1. The lowest BCUT2D eigenvalue weighted by atomic mass is 10.1. The second kappa shape index (κ2) is 6.55. The minimum atomic E-state index is -0.924. The number of hydrogen-bond donors (Lipinski definition) is 3. The summed E-state index contributed by atoms with van der Waals surface area (Å²) < 4.78 is 0. The fourth-order valence-corrected chi connectivity index (χ4v) is 1.88. The van der Waals surface area contributed by atoms with E-state index in [1.165, 1.54) is 18.2 Å². The number of carbonyl (C=O) groups is 1. The normalized spacial score (nSPS) is 11.4. The van der Waals surface area contributed by atoms with Gasteiger partial charge in [0.2, 0.25) is 5.91 Å². The molecule has 1 atom stereocenters. The SMILES string of the molecule is N#Cc1ccc(O)c(NC(=O)CC(O)c2ccccc2)c1. The number of nitrogens with zero attached hydrogens (tertiary/aromatic N) is 1. The summed E-state index contributed by atoms with van der Waals surface area (Å²) in [5.74, 6) is -0.576. The zero-order valence-electron chi connectivity index (χ0n) is 11.2. The van der Waals surface area contributed by atoms with E-state index in [1.807, 2.05) is 12.1 Å². The highest BCUT2D eigenvalue weighted by Gasteiger charge is 2.14. The summed E-state index contributed by atoms with van der Waals surface area (Å²) in [5, 5.41) is 30.9. The number of aromatic hydroxyl groups is 1. The second-order valence-corrected chi connectivity index (χ2v) is 4.52. The van der Waals surface area contributed by atoms with Crippen molar-refractivity contribution in [2.24, 2.45) is 0 Å². The summed E-state index contributed by atoms with van der Waals surface area (Å²) in [5.41, 5.74) is 1.12. The van der Waals surface area contributed by atoms with Gasteiger partial charge in [-0.25, -0.2) is 0 Å². The first-order valence-electron chi connectivity index (χ1n) is 6.36. The zero-order valence-corrected chi connectivity index (χ0v) is 11.2. The van der Waals surface area contributed by atoms with Crippen molar-refractivity contribution in [2.45, 2.75) is 12.5 Å². The summed E-state index contributed by atoms with van der Waals surface area (Å²) in [6.45, 7) is 0. The number of anilines is 1. The Bertz CT molecular complexity index is 678. The van der Waals surface area contributed by atoms with Crippen LogP contribution in [0.1, 0.15) is 23.7 Å². The van der Waals surface area contributed by atoms with E-state index >= 15 is 0 Å². The molecule has 0 aliphatic rings. The Morgan fingerprint density at radius 1 is 1.24 bits per heavy atom. The Balaban J connectivity index is 2.04. The lowest BCUT2D eigenvalue weighted by Crippen LogP contribution is -2.15. The van der Waals surface area contributed by atoms with Gasteiger partial charge in [-0.2, -0.15) is 5.26 Å². The molecule has 3 N–H and O–H groups in total. The van der Waals surface area contributed by atoms with E-state index in [4.69, 9.17) is 5.26 Å². The quantitative estimate of drug-likeness (QED) is 0.750. The number of phenols is 1. The average Bonchev–Trinajstić information content (AvgIpc) is 2.50. The molecule has 0 saturated carbocycles. The van der Waals surface area contributed by atoms with Gasteiger partial charge in [0, 0.05) is 0 Å². The molecule has 0 aliphatic carbocycles. The summed E-state index contributed by atoms with van der Waals surface area (Å²) >= 11 is 0. The molecule has 0 spiro atoms. The molecule has 2 aromatic rings. The van der Waals surface area contributed by atoms with Gasteiger partial charge in [0.15, 0.2) is 0 Å². The fourth-order valence-electron chi connectivity index (χ4n) is 1.88. The minimum Gasteiger partial charge on any atom is -0.506 e. The van der Waals surface area contributed by atoms with Crippen molar-refractivity contribution in [2.75, 3.05) is 5.32 Å².